The van der Waals surface area contributed by atoms with Crippen LogP contribution in [0.5, 0.6) is 0 Å². The zero-order valence-electron chi connectivity index (χ0n) is 53.1. The molecule has 12 unspecified atom stereocenters. The number of unbranched alkanes of at least 4 members (excludes halogenated alkanes) is 27. The van der Waals surface area contributed by atoms with Gasteiger partial charge in [-0.15, -0.1) is 0 Å². The molecule has 14 heteroatoms. The van der Waals surface area contributed by atoms with Crippen molar-refractivity contribution in [3.8, 4) is 0 Å². The summed E-state index contributed by atoms with van der Waals surface area (Å²) in [4.78, 5) is 13.3. The Morgan fingerprint density at radius 3 is 1.25 bits per heavy atom. The van der Waals surface area contributed by atoms with Crippen LogP contribution < -0.4 is 5.32 Å². The molecule has 14 nitrogen and oxygen atoms in total. The molecule has 9 N–H and O–H groups in total. The molecule has 0 aliphatic carbocycles. The van der Waals surface area contributed by atoms with Crippen molar-refractivity contribution in [2.24, 2.45) is 0 Å². The Kier molecular flexibility index (Phi) is 50.5. The van der Waals surface area contributed by atoms with Gasteiger partial charge in [0.2, 0.25) is 5.91 Å². The summed E-state index contributed by atoms with van der Waals surface area (Å²) in [5.74, 6) is -0.243. The summed E-state index contributed by atoms with van der Waals surface area (Å²) in [5, 5.41) is 87.3. The lowest BCUT2D eigenvalue weighted by molar-refractivity contribution is -0.359. The lowest BCUT2D eigenvalue weighted by Gasteiger charge is -2.46. The molecule has 2 saturated heterocycles. The molecule has 0 spiro atoms. The third-order valence-corrected chi connectivity index (χ3v) is 16.0. The molecule has 0 aromatic carbocycles. The third-order valence-electron chi connectivity index (χ3n) is 16.0. The quantitative estimate of drug-likeness (QED) is 0.0204. The molecular formula is C71H123NO13. The van der Waals surface area contributed by atoms with Crippen molar-refractivity contribution >= 4 is 5.91 Å². The average Bonchev–Trinajstić information content (AvgIpc) is 3.70. The van der Waals surface area contributed by atoms with E-state index in [0.717, 1.165) is 89.9 Å². The van der Waals surface area contributed by atoms with Gasteiger partial charge in [0.1, 0.15) is 48.8 Å². The van der Waals surface area contributed by atoms with E-state index < -0.39 is 86.8 Å². The molecule has 0 bridgehead atoms. The van der Waals surface area contributed by atoms with Crippen LogP contribution in [0, 0.1) is 0 Å². The van der Waals surface area contributed by atoms with Crippen molar-refractivity contribution < 1.29 is 64.6 Å². The average molecular weight is 1200 g/mol. The van der Waals surface area contributed by atoms with E-state index in [4.69, 9.17) is 18.9 Å². The number of carbonyl (C=O) groups excluding carboxylic acids is 1. The van der Waals surface area contributed by atoms with Crippen LogP contribution >= 0.6 is 0 Å². The summed E-state index contributed by atoms with van der Waals surface area (Å²) >= 11 is 0. The first-order valence-corrected chi connectivity index (χ1v) is 34.0. The third kappa shape index (κ3) is 39.5. The highest BCUT2D eigenvalue weighted by molar-refractivity contribution is 5.76. The minimum Gasteiger partial charge on any atom is -0.394 e. The highest BCUT2D eigenvalue weighted by Gasteiger charge is 2.51. The minimum atomic E-state index is -1.79. The van der Waals surface area contributed by atoms with Crippen molar-refractivity contribution in [1.29, 1.82) is 0 Å². The Morgan fingerprint density at radius 2 is 0.812 bits per heavy atom. The van der Waals surface area contributed by atoms with Gasteiger partial charge >= 0.3 is 0 Å². The van der Waals surface area contributed by atoms with E-state index in [0.29, 0.717) is 6.42 Å². The van der Waals surface area contributed by atoms with Crippen molar-refractivity contribution in [3.63, 3.8) is 0 Å². The van der Waals surface area contributed by atoms with Crippen LogP contribution in [0.2, 0.25) is 0 Å². The van der Waals surface area contributed by atoms with E-state index in [1.807, 2.05) is 6.08 Å². The maximum Gasteiger partial charge on any atom is 0.220 e. The minimum absolute atomic E-state index is 0.243. The van der Waals surface area contributed by atoms with Gasteiger partial charge in [0.15, 0.2) is 12.6 Å². The van der Waals surface area contributed by atoms with Crippen molar-refractivity contribution in [2.45, 2.75) is 325 Å². The summed E-state index contributed by atoms with van der Waals surface area (Å²) < 4.78 is 22.8. The van der Waals surface area contributed by atoms with E-state index in [1.165, 1.54) is 135 Å². The van der Waals surface area contributed by atoms with Crippen LogP contribution in [0.4, 0.5) is 0 Å². The molecule has 2 heterocycles. The van der Waals surface area contributed by atoms with Gasteiger partial charge < -0.3 is 65.1 Å². The molecule has 2 aliphatic rings. The number of rotatable bonds is 54. The van der Waals surface area contributed by atoms with Crippen LogP contribution in [0.15, 0.2) is 97.2 Å². The number of aliphatic hydroxyl groups is 8. The molecular weight excluding hydrogens is 1070 g/mol. The molecule has 0 radical (unpaired) electrons. The van der Waals surface area contributed by atoms with Crippen LogP contribution in [0.25, 0.3) is 0 Å². The van der Waals surface area contributed by atoms with E-state index in [-0.39, 0.29) is 18.9 Å². The number of ether oxygens (including phenoxy) is 4. The fourth-order valence-electron chi connectivity index (χ4n) is 10.6. The molecule has 2 aliphatic heterocycles. The van der Waals surface area contributed by atoms with E-state index in [1.54, 1.807) is 6.08 Å². The molecule has 0 aromatic heterocycles. The van der Waals surface area contributed by atoms with E-state index in [2.05, 4.69) is 104 Å². The molecule has 0 saturated carbocycles. The number of allylic oxidation sites excluding steroid dienone is 15. The second-order valence-electron chi connectivity index (χ2n) is 23.6. The summed E-state index contributed by atoms with van der Waals surface area (Å²) in [6, 6.07) is -0.920. The zero-order chi connectivity index (χ0) is 61.6. The number of carbonyl (C=O) groups is 1. The van der Waals surface area contributed by atoms with Gasteiger partial charge in [-0.3, -0.25) is 4.79 Å². The largest absolute Gasteiger partial charge is 0.394 e. The monoisotopic (exact) mass is 1200 g/mol. The normalized spacial score (nSPS) is 24.2. The molecule has 85 heavy (non-hydrogen) atoms. The van der Waals surface area contributed by atoms with Gasteiger partial charge in [0.05, 0.1) is 32.0 Å². The molecule has 2 rings (SSSR count). The van der Waals surface area contributed by atoms with Crippen molar-refractivity contribution in [1.82, 2.24) is 5.32 Å². The predicted molar refractivity (Wildman–Crippen MR) is 346 cm³/mol. The summed E-state index contributed by atoms with van der Waals surface area (Å²) in [6.45, 7) is 2.69. The fourth-order valence-corrected chi connectivity index (χ4v) is 10.6. The molecule has 490 valence electrons. The topological polar surface area (TPSA) is 228 Å². The number of hydrogen-bond donors (Lipinski definition) is 9. The highest BCUT2D eigenvalue weighted by Crippen LogP contribution is 2.30. The summed E-state index contributed by atoms with van der Waals surface area (Å²) in [7, 11) is 0. The van der Waals surface area contributed by atoms with Crippen LogP contribution in [-0.2, 0) is 23.7 Å². The first-order chi connectivity index (χ1) is 41.6. The Morgan fingerprint density at radius 1 is 0.435 bits per heavy atom. The Labute approximate surface area is 515 Å². The lowest BCUT2D eigenvalue weighted by Crippen LogP contribution is -2.65. The summed E-state index contributed by atoms with van der Waals surface area (Å²) in [5.41, 5.74) is 0. The van der Waals surface area contributed by atoms with Crippen LogP contribution in [-0.4, -0.2) is 140 Å². The molecule has 2 fully saturated rings. The van der Waals surface area contributed by atoms with Crippen molar-refractivity contribution in [3.05, 3.63) is 97.2 Å². The first-order valence-electron chi connectivity index (χ1n) is 34.0. The maximum atomic E-state index is 13.3. The Balaban J connectivity index is 1.65. The fraction of sp³-hybridized carbons (Fsp3) is 0.761. The van der Waals surface area contributed by atoms with Gasteiger partial charge in [-0.05, 0) is 77.0 Å². The standard InChI is InChI=1S/C71H123NO13/c1-3-5-7-9-11-13-15-17-19-21-22-23-24-25-26-27-28-29-30-31-32-33-34-35-36-37-38-39-41-43-45-47-49-51-53-55-63(76)72-59(60(75)54-52-50-48-46-44-42-40-20-18-16-14-12-10-8-6-4-2)58-82-70-68(81)66(79)69(62(57-74)84-70)85-71-67(80)65(78)64(77)61(56-73)83-71/h5,7,11,13,17,19,22-23,25-26,28-29,31-32,52,54,59-62,64-71,73-75,77-81H,3-4,6,8-10,12,14-16,18,20-21,24,27,30,33-51,53,55-58H2,1-2H3,(H,72,76)/b7-5-,13-11-,19-17-,23-22-,26-25-,29-28-,32-31-,54-52+. The second-order valence-corrected chi connectivity index (χ2v) is 23.6. The number of aliphatic hydroxyl groups excluding tert-OH is 8. The predicted octanol–water partition coefficient (Wildman–Crippen LogP) is 13.4. The SMILES string of the molecule is CC/C=C\C/C=C\C/C=C\C/C=C\C/C=C\C/C=C\C/C=C\CCCCCCCCCCCCCCCC(=O)NC(COC1OC(CO)C(OC2OC(CO)C(O)C(O)C2O)C(O)C1O)C(O)/C=C/CCCCCCCCCCCCCCCC. The molecule has 0 aromatic rings. The first kappa shape index (κ1) is 78.0. The molecule has 1 amide bonds. The second kappa shape index (κ2) is 55.0. The summed E-state index contributed by atoms with van der Waals surface area (Å²) in [6.07, 6.45) is 60.2. The number of nitrogens with one attached hydrogen (secondary N) is 1. The van der Waals surface area contributed by atoms with E-state index >= 15 is 0 Å². The van der Waals surface area contributed by atoms with Crippen LogP contribution in [0.1, 0.15) is 251 Å². The number of hydrogen-bond acceptors (Lipinski definition) is 13. The van der Waals surface area contributed by atoms with Crippen molar-refractivity contribution in [2.75, 3.05) is 19.8 Å². The van der Waals surface area contributed by atoms with Gasteiger partial charge in [-0.25, -0.2) is 0 Å². The smallest absolute Gasteiger partial charge is 0.220 e. The Hall–Kier alpha value is -3.09. The Bertz CT molecular complexity index is 1800. The number of amides is 1. The van der Waals surface area contributed by atoms with Gasteiger partial charge in [0.25, 0.3) is 0 Å². The van der Waals surface area contributed by atoms with Gasteiger partial charge in [0, 0.05) is 6.42 Å². The van der Waals surface area contributed by atoms with Crippen LogP contribution in [0.3, 0.4) is 0 Å². The molecule has 12 atom stereocenters. The highest BCUT2D eigenvalue weighted by atomic mass is 16.7. The lowest BCUT2D eigenvalue weighted by atomic mass is 9.97. The maximum absolute atomic E-state index is 13.3. The zero-order valence-corrected chi connectivity index (χ0v) is 53.1. The van der Waals surface area contributed by atoms with E-state index in [9.17, 15) is 45.6 Å². The van der Waals surface area contributed by atoms with Gasteiger partial charge in [-0.1, -0.05) is 265 Å². The van der Waals surface area contributed by atoms with Gasteiger partial charge in [-0.2, -0.15) is 0 Å².